The smallest absolute Gasteiger partial charge is 0.242 e. The first-order valence-electron chi connectivity index (χ1n) is 11.9. The largest absolute Gasteiger partial charge is 0.354 e. The first kappa shape index (κ1) is 28.7. The molecule has 2 aromatic carbocycles. The van der Waals surface area contributed by atoms with Crippen LogP contribution in [-0.4, -0.2) is 50.5 Å². The number of hydrogen-bond acceptors (Lipinski definition) is 4. The number of sulfonamides is 1. The van der Waals surface area contributed by atoms with Gasteiger partial charge in [-0.3, -0.25) is 13.9 Å². The summed E-state index contributed by atoms with van der Waals surface area (Å²) in [6.07, 6.45) is 3.40. The highest BCUT2D eigenvalue weighted by atomic mass is 35.5. The number of amides is 2. The van der Waals surface area contributed by atoms with E-state index >= 15 is 0 Å². The van der Waals surface area contributed by atoms with E-state index < -0.39 is 16.1 Å². The summed E-state index contributed by atoms with van der Waals surface area (Å²) in [6.45, 7) is 6.55. The van der Waals surface area contributed by atoms with E-state index in [1.165, 1.54) is 9.21 Å². The van der Waals surface area contributed by atoms with Crippen molar-refractivity contribution in [3.05, 3.63) is 64.7 Å². The number of hydrogen-bond donors (Lipinski definition) is 1. The molecular formula is C26H36ClN3O4S. The molecule has 0 fully saturated rings. The second kappa shape index (κ2) is 13.5. The van der Waals surface area contributed by atoms with Crippen LogP contribution in [0.15, 0.2) is 48.5 Å². The van der Waals surface area contributed by atoms with E-state index in [1.54, 1.807) is 37.3 Å². The van der Waals surface area contributed by atoms with Crippen LogP contribution >= 0.6 is 11.6 Å². The summed E-state index contributed by atoms with van der Waals surface area (Å²) >= 11 is 6.12. The van der Waals surface area contributed by atoms with Crippen molar-refractivity contribution in [2.24, 2.45) is 0 Å². The van der Waals surface area contributed by atoms with Crippen LogP contribution in [0.3, 0.4) is 0 Å². The maximum atomic E-state index is 13.3. The average molecular weight is 522 g/mol. The number of carbonyl (C=O) groups is 2. The molecule has 9 heteroatoms. The molecule has 0 aliphatic heterocycles. The van der Waals surface area contributed by atoms with Gasteiger partial charge in [-0.1, -0.05) is 55.3 Å². The van der Waals surface area contributed by atoms with Crippen LogP contribution in [0, 0.1) is 6.92 Å². The molecule has 0 heterocycles. The predicted molar refractivity (Wildman–Crippen MR) is 142 cm³/mol. The second-order valence-corrected chi connectivity index (χ2v) is 11.0. The van der Waals surface area contributed by atoms with Gasteiger partial charge in [-0.05, 0) is 56.0 Å². The molecule has 0 saturated carbocycles. The number of nitrogens with one attached hydrogen (secondary N) is 1. The Kier molecular flexibility index (Phi) is 11.0. The van der Waals surface area contributed by atoms with E-state index in [1.807, 2.05) is 32.0 Å². The number of carbonyl (C=O) groups excluding carboxylic acids is 2. The molecule has 0 aliphatic rings. The van der Waals surface area contributed by atoms with Crippen molar-refractivity contribution in [1.82, 2.24) is 10.2 Å². The van der Waals surface area contributed by atoms with Crippen LogP contribution < -0.4 is 9.62 Å². The summed E-state index contributed by atoms with van der Waals surface area (Å²) in [5.41, 5.74) is 2.25. The van der Waals surface area contributed by atoms with E-state index in [0.717, 1.165) is 30.2 Å². The summed E-state index contributed by atoms with van der Waals surface area (Å²) in [5, 5.41) is 3.44. The van der Waals surface area contributed by atoms with Crippen LogP contribution in [0.2, 0.25) is 5.02 Å². The normalized spacial score (nSPS) is 12.1. The lowest BCUT2D eigenvalue weighted by Gasteiger charge is -2.29. The van der Waals surface area contributed by atoms with Crippen LogP contribution in [0.1, 0.15) is 50.7 Å². The highest BCUT2D eigenvalue weighted by Crippen LogP contribution is 2.23. The molecule has 7 nitrogen and oxygen atoms in total. The van der Waals surface area contributed by atoms with Gasteiger partial charge < -0.3 is 10.2 Å². The fourth-order valence-electron chi connectivity index (χ4n) is 3.78. The molecule has 2 amide bonds. The van der Waals surface area contributed by atoms with Gasteiger partial charge in [-0.2, -0.15) is 0 Å². The van der Waals surface area contributed by atoms with E-state index in [4.69, 9.17) is 11.6 Å². The van der Waals surface area contributed by atoms with Crippen molar-refractivity contribution < 1.29 is 18.0 Å². The second-order valence-electron chi connectivity index (χ2n) is 8.70. The molecule has 2 rings (SSSR count). The summed E-state index contributed by atoms with van der Waals surface area (Å²) in [4.78, 5) is 27.6. The molecule has 1 N–H and O–H groups in total. The van der Waals surface area contributed by atoms with Gasteiger partial charge in [0.05, 0.1) is 11.9 Å². The van der Waals surface area contributed by atoms with Gasteiger partial charge in [-0.25, -0.2) is 8.42 Å². The third-order valence-corrected chi connectivity index (χ3v) is 7.19. The number of benzene rings is 2. The van der Waals surface area contributed by atoms with Gasteiger partial charge in [0.25, 0.3) is 0 Å². The van der Waals surface area contributed by atoms with E-state index in [9.17, 15) is 18.0 Å². The Balaban J connectivity index is 2.15. The quantitative estimate of drug-likeness (QED) is 0.392. The number of nitrogens with zero attached hydrogens (tertiary/aromatic N) is 2. The van der Waals surface area contributed by atoms with Crippen LogP contribution in [0.4, 0.5) is 5.69 Å². The third kappa shape index (κ3) is 8.85. The van der Waals surface area contributed by atoms with E-state index in [0.29, 0.717) is 23.7 Å². The zero-order valence-electron chi connectivity index (χ0n) is 21.0. The highest BCUT2D eigenvalue weighted by Gasteiger charge is 2.26. The van der Waals surface area contributed by atoms with Crippen molar-refractivity contribution in [1.29, 1.82) is 0 Å². The molecule has 0 spiro atoms. The van der Waals surface area contributed by atoms with Crippen molar-refractivity contribution in [2.75, 3.05) is 23.7 Å². The monoisotopic (exact) mass is 521 g/mol. The van der Waals surface area contributed by atoms with Gasteiger partial charge >= 0.3 is 0 Å². The molecule has 1 unspecified atom stereocenters. The Labute approximate surface area is 214 Å². The Morgan fingerprint density at radius 1 is 1.09 bits per heavy atom. The fourth-order valence-corrected chi connectivity index (χ4v) is 5.01. The van der Waals surface area contributed by atoms with Crippen LogP contribution in [0.5, 0.6) is 0 Å². The zero-order chi connectivity index (χ0) is 26.0. The van der Waals surface area contributed by atoms with Crippen molar-refractivity contribution in [3.8, 4) is 0 Å². The van der Waals surface area contributed by atoms with Gasteiger partial charge in [0.1, 0.15) is 6.04 Å². The van der Waals surface area contributed by atoms with Crippen molar-refractivity contribution in [3.63, 3.8) is 0 Å². The lowest BCUT2D eigenvalue weighted by atomic mass is 10.1. The fraction of sp³-hybridized carbons (Fsp3) is 0.462. The first-order valence-corrected chi connectivity index (χ1v) is 14.1. The van der Waals surface area contributed by atoms with Gasteiger partial charge in [-0.15, -0.1) is 0 Å². The maximum absolute atomic E-state index is 13.3. The van der Waals surface area contributed by atoms with E-state index in [-0.39, 0.29) is 31.3 Å². The van der Waals surface area contributed by atoms with Gasteiger partial charge in [0.2, 0.25) is 21.8 Å². The van der Waals surface area contributed by atoms with Gasteiger partial charge in [0, 0.05) is 31.1 Å². The zero-order valence-corrected chi connectivity index (χ0v) is 22.5. The average Bonchev–Trinajstić information content (AvgIpc) is 2.80. The molecule has 0 aromatic heterocycles. The molecule has 0 bridgehead atoms. The number of rotatable bonds is 13. The molecule has 0 aliphatic carbocycles. The molecular weight excluding hydrogens is 486 g/mol. The minimum absolute atomic E-state index is 0.102. The maximum Gasteiger partial charge on any atom is 0.242 e. The van der Waals surface area contributed by atoms with Crippen molar-refractivity contribution >= 4 is 39.1 Å². The summed E-state index contributed by atoms with van der Waals surface area (Å²) in [7, 11) is -3.52. The number of anilines is 1. The minimum atomic E-state index is -3.52. The van der Waals surface area contributed by atoms with E-state index in [2.05, 4.69) is 5.32 Å². The minimum Gasteiger partial charge on any atom is -0.354 e. The third-order valence-electron chi connectivity index (χ3n) is 5.78. The molecule has 1 atom stereocenters. The first-order chi connectivity index (χ1) is 16.5. The highest BCUT2D eigenvalue weighted by molar-refractivity contribution is 7.92. The molecule has 35 heavy (non-hydrogen) atoms. The van der Waals surface area contributed by atoms with Crippen LogP contribution in [0.25, 0.3) is 0 Å². The summed E-state index contributed by atoms with van der Waals surface area (Å²) < 4.78 is 26.2. The number of halogens is 1. The lowest BCUT2D eigenvalue weighted by Crippen LogP contribution is -2.48. The summed E-state index contributed by atoms with van der Waals surface area (Å²) in [6, 6.07) is 13.8. The van der Waals surface area contributed by atoms with Crippen molar-refractivity contribution in [2.45, 2.75) is 59.0 Å². The molecule has 0 radical (unpaired) electrons. The Hall–Kier alpha value is -2.58. The number of para-hydroxylation sites is 1. The van der Waals surface area contributed by atoms with Gasteiger partial charge in [0.15, 0.2) is 0 Å². The predicted octanol–water partition coefficient (Wildman–Crippen LogP) is 4.53. The molecule has 2 aromatic rings. The standard InChI is InChI=1S/C26H36ClN3O4S/c1-5-6-16-28-26(32)21(3)29(19-22-12-9-13-23(27)18-22)25(31)15-10-17-30(35(4,33)34)24-14-8-7-11-20(24)2/h7-9,11-14,18,21H,5-6,10,15-17,19H2,1-4H3,(H,28,32). The van der Waals surface area contributed by atoms with Crippen LogP contribution in [-0.2, 0) is 26.2 Å². The topological polar surface area (TPSA) is 86.8 Å². The Bertz CT molecular complexity index is 1110. The molecule has 0 saturated heterocycles. The Morgan fingerprint density at radius 3 is 2.43 bits per heavy atom. The number of unbranched alkanes of at least 4 members (excludes halogenated alkanes) is 1. The number of aryl methyl sites for hydroxylation is 1. The Morgan fingerprint density at radius 2 is 1.80 bits per heavy atom. The lowest BCUT2D eigenvalue weighted by molar-refractivity contribution is -0.140. The summed E-state index contributed by atoms with van der Waals surface area (Å²) in [5.74, 6) is -0.437. The SMILES string of the molecule is CCCCNC(=O)C(C)N(Cc1cccc(Cl)c1)C(=O)CCCN(c1ccccc1C)S(C)(=O)=O. The molecule has 192 valence electrons.